The number of hydrogen-bond acceptors (Lipinski definition) is 4. The number of unbranched alkanes of at least 4 members (excludes halogenated alkanes) is 1. The van der Waals surface area contributed by atoms with Gasteiger partial charge in [0.2, 0.25) is 11.8 Å². The summed E-state index contributed by atoms with van der Waals surface area (Å²) in [6, 6.07) is -0.358. The molecule has 0 spiro atoms. The minimum Gasteiger partial charge on any atom is -0.382 e. The first-order valence-electron chi connectivity index (χ1n) is 7.33. The maximum atomic E-state index is 12.2. The predicted octanol–water partition coefficient (Wildman–Crippen LogP) is 0.557. The van der Waals surface area contributed by atoms with Crippen molar-refractivity contribution in [1.29, 1.82) is 0 Å². The third-order valence-corrected chi connectivity index (χ3v) is 3.36. The van der Waals surface area contributed by atoms with Crippen LogP contribution in [0.5, 0.6) is 0 Å². The fraction of sp³-hybridized carbons (Fsp3) is 0.857. The fourth-order valence-electron chi connectivity index (χ4n) is 2.15. The minimum atomic E-state index is -0.358. The van der Waals surface area contributed by atoms with Gasteiger partial charge in [-0.15, -0.1) is 0 Å². The Kier molecular flexibility index (Phi) is 8.22. The molecule has 1 rings (SSSR count). The topological polar surface area (TPSA) is 67.9 Å². The van der Waals surface area contributed by atoms with E-state index in [1.54, 1.807) is 12.0 Å². The van der Waals surface area contributed by atoms with E-state index in [1.165, 1.54) is 0 Å². The Morgan fingerprint density at radius 1 is 1.25 bits per heavy atom. The van der Waals surface area contributed by atoms with Crippen LogP contribution < -0.4 is 5.32 Å². The average Bonchev–Trinajstić information content (AvgIpc) is 2.58. The second-order valence-electron chi connectivity index (χ2n) is 4.92. The molecule has 20 heavy (non-hydrogen) atoms. The molecule has 1 aliphatic heterocycles. The molecule has 1 N–H and O–H groups in total. The van der Waals surface area contributed by atoms with Crippen LogP contribution >= 0.6 is 0 Å². The highest BCUT2D eigenvalue weighted by Gasteiger charge is 2.27. The van der Waals surface area contributed by atoms with E-state index in [2.05, 4.69) is 5.32 Å². The van der Waals surface area contributed by atoms with E-state index in [4.69, 9.17) is 9.47 Å². The summed E-state index contributed by atoms with van der Waals surface area (Å²) in [5.41, 5.74) is 0. The highest BCUT2D eigenvalue weighted by molar-refractivity contribution is 5.89. The zero-order chi connectivity index (χ0) is 14.8. The predicted molar refractivity (Wildman–Crippen MR) is 75.3 cm³/mol. The third-order valence-electron chi connectivity index (χ3n) is 3.36. The van der Waals surface area contributed by atoms with E-state index < -0.39 is 0 Å². The molecule has 1 atom stereocenters. The lowest BCUT2D eigenvalue weighted by Crippen LogP contribution is -2.44. The lowest BCUT2D eigenvalue weighted by molar-refractivity contribution is -0.133. The Morgan fingerprint density at radius 2 is 2.05 bits per heavy atom. The number of rotatable bonds is 9. The number of nitrogens with one attached hydrogen (secondary N) is 1. The summed E-state index contributed by atoms with van der Waals surface area (Å²) in [5.74, 6) is 0.00857. The van der Waals surface area contributed by atoms with Crippen molar-refractivity contribution < 1.29 is 19.1 Å². The number of carbonyl (C=O) groups is 2. The maximum Gasteiger partial charge on any atom is 0.245 e. The van der Waals surface area contributed by atoms with Gasteiger partial charge in [0.05, 0.1) is 13.2 Å². The normalized spacial score (nSPS) is 19.9. The summed E-state index contributed by atoms with van der Waals surface area (Å²) in [4.78, 5) is 25.5. The van der Waals surface area contributed by atoms with Gasteiger partial charge in [-0.25, -0.2) is 0 Å². The summed E-state index contributed by atoms with van der Waals surface area (Å²) in [6.45, 7) is 5.02. The van der Waals surface area contributed by atoms with E-state index in [-0.39, 0.29) is 17.9 Å². The van der Waals surface area contributed by atoms with Crippen molar-refractivity contribution in [3.8, 4) is 0 Å². The number of methoxy groups -OCH3 is 1. The van der Waals surface area contributed by atoms with Crippen molar-refractivity contribution in [2.45, 2.75) is 38.6 Å². The molecule has 0 aromatic rings. The van der Waals surface area contributed by atoms with Gasteiger partial charge in [0.15, 0.2) is 0 Å². The Hall–Kier alpha value is -1.14. The first-order chi connectivity index (χ1) is 9.69. The molecule has 116 valence electrons. The van der Waals surface area contributed by atoms with E-state index in [0.717, 1.165) is 12.8 Å². The van der Waals surface area contributed by atoms with Gasteiger partial charge in [-0.3, -0.25) is 9.59 Å². The van der Waals surface area contributed by atoms with Gasteiger partial charge < -0.3 is 19.7 Å². The van der Waals surface area contributed by atoms with Gasteiger partial charge in [0.1, 0.15) is 6.04 Å². The van der Waals surface area contributed by atoms with Crippen molar-refractivity contribution in [2.75, 3.05) is 40.0 Å². The SMILES string of the molecule is CCC1NC(=O)CCN(CCCCOCCOC)C1=O. The maximum absolute atomic E-state index is 12.2. The fourth-order valence-corrected chi connectivity index (χ4v) is 2.15. The molecule has 1 heterocycles. The van der Waals surface area contributed by atoms with Gasteiger partial charge in [-0.1, -0.05) is 6.92 Å². The van der Waals surface area contributed by atoms with Crippen molar-refractivity contribution in [3.05, 3.63) is 0 Å². The van der Waals surface area contributed by atoms with Crippen LogP contribution in [0.1, 0.15) is 32.6 Å². The summed E-state index contributed by atoms with van der Waals surface area (Å²) >= 11 is 0. The first kappa shape index (κ1) is 16.9. The Morgan fingerprint density at radius 3 is 2.75 bits per heavy atom. The van der Waals surface area contributed by atoms with Crippen molar-refractivity contribution in [3.63, 3.8) is 0 Å². The molecule has 1 aliphatic rings. The standard InChI is InChI=1S/C14H26N2O4/c1-3-12-14(18)16(8-6-13(17)15-12)7-4-5-9-20-11-10-19-2/h12H,3-11H2,1-2H3,(H,15,17). The highest BCUT2D eigenvalue weighted by Crippen LogP contribution is 2.08. The van der Waals surface area contributed by atoms with E-state index in [9.17, 15) is 9.59 Å². The Balaban J connectivity index is 2.24. The molecular weight excluding hydrogens is 260 g/mol. The van der Waals surface area contributed by atoms with Gasteiger partial charge in [0, 0.05) is 33.2 Å². The van der Waals surface area contributed by atoms with Crippen LogP contribution in [0.15, 0.2) is 0 Å². The molecule has 1 fully saturated rings. The van der Waals surface area contributed by atoms with Crippen LogP contribution in [0.25, 0.3) is 0 Å². The lowest BCUT2D eigenvalue weighted by atomic mass is 10.2. The van der Waals surface area contributed by atoms with Crippen LogP contribution in [0.4, 0.5) is 0 Å². The summed E-state index contributed by atoms with van der Waals surface area (Å²) < 4.78 is 10.3. The summed E-state index contributed by atoms with van der Waals surface area (Å²) in [7, 11) is 1.65. The summed E-state index contributed by atoms with van der Waals surface area (Å²) in [5, 5.41) is 2.76. The largest absolute Gasteiger partial charge is 0.382 e. The van der Waals surface area contributed by atoms with E-state index >= 15 is 0 Å². The van der Waals surface area contributed by atoms with Crippen LogP contribution in [0.2, 0.25) is 0 Å². The van der Waals surface area contributed by atoms with Crippen molar-refractivity contribution in [1.82, 2.24) is 10.2 Å². The molecule has 6 nitrogen and oxygen atoms in total. The van der Waals surface area contributed by atoms with Crippen molar-refractivity contribution >= 4 is 11.8 Å². The highest BCUT2D eigenvalue weighted by atomic mass is 16.5. The second-order valence-corrected chi connectivity index (χ2v) is 4.92. The van der Waals surface area contributed by atoms with E-state index in [0.29, 0.717) is 45.8 Å². The lowest BCUT2D eigenvalue weighted by Gasteiger charge is -2.23. The van der Waals surface area contributed by atoms with Crippen LogP contribution in [-0.2, 0) is 19.1 Å². The zero-order valence-electron chi connectivity index (χ0n) is 12.5. The van der Waals surface area contributed by atoms with Gasteiger partial charge in [0.25, 0.3) is 0 Å². The van der Waals surface area contributed by atoms with Crippen LogP contribution in [0.3, 0.4) is 0 Å². The van der Waals surface area contributed by atoms with Crippen LogP contribution in [-0.4, -0.2) is 62.8 Å². The third kappa shape index (κ3) is 5.88. The first-order valence-corrected chi connectivity index (χ1v) is 7.33. The average molecular weight is 286 g/mol. The molecule has 0 saturated carbocycles. The van der Waals surface area contributed by atoms with Crippen molar-refractivity contribution in [2.24, 2.45) is 0 Å². The van der Waals surface area contributed by atoms with E-state index in [1.807, 2.05) is 6.92 Å². The second kappa shape index (κ2) is 9.72. The molecule has 0 aliphatic carbocycles. The molecule has 0 aromatic heterocycles. The van der Waals surface area contributed by atoms with Crippen LogP contribution in [0, 0.1) is 0 Å². The Bertz CT molecular complexity index is 310. The number of ether oxygens (including phenoxy) is 2. The number of amides is 2. The van der Waals surface area contributed by atoms with Gasteiger partial charge in [-0.2, -0.15) is 0 Å². The van der Waals surface area contributed by atoms with Gasteiger partial charge >= 0.3 is 0 Å². The Labute approximate surface area is 120 Å². The number of carbonyl (C=O) groups excluding carboxylic acids is 2. The molecule has 0 bridgehead atoms. The molecule has 2 amide bonds. The number of nitrogens with zero attached hydrogens (tertiary/aromatic N) is 1. The van der Waals surface area contributed by atoms with Gasteiger partial charge in [-0.05, 0) is 19.3 Å². The molecule has 1 unspecified atom stereocenters. The molecular formula is C14H26N2O4. The monoisotopic (exact) mass is 286 g/mol. The molecule has 0 radical (unpaired) electrons. The minimum absolute atomic E-state index is 0.0319. The molecule has 0 aromatic carbocycles. The zero-order valence-corrected chi connectivity index (χ0v) is 12.5. The molecule has 6 heteroatoms. The number of hydrogen-bond donors (Lipinski definition) is 1. The quantitative estimate of drug-likeness (QED) is 0.629. The smallest absolute Gasteiger partial charge is 0.245 e. The molecule has 1 saturated heterocycles. The summed E-state index contributed by atoms with van der Waals surface area (Å²) in [6.07, 6.45) is 2.84.